The fraction of sp³-hybridized carbons (Fsp3) is 0.521. The van der Waals surface area contributed by atoms with E-state index in [1.165, 1.54) is 181 Å². The Morgan fingerprint density at radius 2 is 0.549 bits per heavy atom. The second kappa shape index (κ2) is 59.4. The number of hydrogen-bond acceptors (Lipinski definition) is 25. The molecule has 0 saturated carbocycles. The number of hydrogen-bond donors (Lipinski definition) is 1. The summed E-state index contributed by atoms with van der Waals surface area (Å²) < 4.78 is 107. The standard InChI is InChI=1S/C117H150O25/c1-78(2)42-36-44-80(5)46-38-48-82(7)50-40-52-84(9)70-72-127-74-95(128-73-71-85(10)53-41-51-83(8)49-39-47-81(6)45-37-43-79(3)4)75-130-116-106(141-114(126)94-68-34-19-35-69-94)103(138-111(123)91-62-28-16-29-63-91)100(97(134-116)77-129-107(119)87-54-20-12-21-55-87)142-117-104(139-112(124)92-64-30-17-31-65-92)101(136-109(121)89-58-24-14-25-59-89)98(118)96(133-117)76-131-115-105(140-113(125)93-66-32-18-33-67-93)102(137-110(122)90-60-26-15-27-61-90)99(86(11)132-115)135-108(120)88-56-22-13-23-57-88/h12-35,54-69,78-86,95-106,115-118H,36-53,70-77H2,1-11H3/t80?,81?,82?,83?,84?,85?,86?,95?,96?,97?,98-,99-,100+,101?,102?,103?,104-,105-,106-,115+,116+,117-/m0/s1. The first-order valence-electron chi connectivity index (χ1n) is 51.5. The number of carbonyl (C=O) groups is 8. The molecule has 0 radical (unpaired) electrons. The average Bonchev–Trinajstić information content (AvgIpc) is 0.763. The van der Waals surface area contributed by atoms with E-state index in [0.29, 0.717) is 43.3 Å². The van der Waals surface area contributed by atoms with Crippen LogP contribution in [-0.2, 0) is 75.8 Å². The molecule has 142 heavy (non-hydrogen) atoms. The molecule has 8 aromatic carbocycles. The minimum Gasteiger partial charge on any atom is -0.459 e. The van der Waals surface area contributed by atoms with Crippen LogP contribution in [0.2, 0.25) is 0 Å². The number of carbonyl (C=O) groups excluding carboxylic acids is 8. The number of ether oxygens (including phenoxy) is 16. The van der Waals surface area contributed by atoms with E-state index >= 15 is 19.2 Å². The van der Waals surface area contributed by atoms with Crippen molar-refractivity contribution in [3.63, 3.8) is 0 Å². The highest BCUT2D eigenvalue weighted by atomic mass is 16.8. The van der Waals surface area contributed by atoms with Gasteiger partial charge in [-0.2, -0.15) is 0 Å². The van der Waals surface area contributed by atoms with Crippen molar-refractivity contribution < 1.29 is 119 Å². The van der Waals surface area contributed by atoms with Crippen LogP contribution in [0.1, 0.15) is 287 Å². The van der Waals surface area contributed by atoms with Gasteiger partial charge in [-0.1, -0.05) is 330 Å². The van der Waals surface area contributed by atoms with Crippen LogP contribution in [-0.4, -0.2) is 191 Å². The summed E-state index contributed by atoms with van der Waals surface area (Å²) in [5, 5.41) is 13.3. The maximum absolute atomic E-state index is 15.5. The number of aliphatic hydroxyl groups excluding tert-OH is 1. The van der Waals surface area contributed by atoms with Gasteiger partial charge in [-0.3, -0.25) is 0 Å². The SMILES string of the molecule is CC(C)CCCC(C)CCCC(C)CCCC(C)CCOCC(CO[C@@H]1OC(COC(=O)c2ccccc2)[C@@H](O[C@@H]2OC(CO[C@@H]3OC(C)[C@H](OC(=O)c4ccccc4)C(OC(=O)c4ccccc4)[C@@H]3OC(=O)c3ccccc3)[C@H](O)C(OC(=O)c3ccccc3)[C@@H]2OC(=O)c2ccccc2)C(OC(=O)c2ccccc2)[C@@H]1OC(=O)c1ccccc1)OCCC(C)CCCC(C)CCCC(C)CCCC(C)C. The van der Waals surface area contributed by atoms with Crippen molar-refractivity contribution >= 4 is 47.8 Å². The largest absolute Gasteiger partial charge is 0.459 e. The van der Waals surface area contributed by atoms with E-state index in [9.17, 15) is 24.3 Å². The van der Waals surface area contributed by atoms with E-state index in [2.05, 4.69) is 69.2 Å². The second-order valence-corrected chi connectivity index (χ2v) is 39.8. The molecule has 3 aliphatic rings. The molecule has 0 amide bonds. The lowest BCUT2D eigenvalue weighted by molar-refractivity contribution is -0.363. The Morgan fingerprint density at radius 1 is 0.275 bits per heavy atom. The Balaban J connectivity index is 0.956. The quantitative estimate of drug-likeness (QED) is 0.0210. The zero-order valence-electron chi connectivity index (χ0n) is 84.6. The monoisotopic (exact) mass is 1960 g/mol. The summed E-state index contributed by atoms with van der Waals surface area (Å²) in [6, 6.07) is 63.1. The van der Waals surface area contributed by atoms with Crippen molar-refractivity contribution in [1.82, 2.24) is 0 Å². The topological polar surface area (TPSA) is 304 Å². The van der Waals surface area contributed by atoms with Gasteiger partial charge in [0.15, 0.2) is 61.6 Å². The van der Waals surface area contributed by atoms with Crippen molar-refractivity contribution in [2.24, 2.45) is 47.3 Å². The fourth-order valence-electron chi connectivity index (χ4n) is 18.2. The van der Waals surface area contributed by atoms with E-state index < -0.39 is 159 Å². The van der Waals surface area contributed by atoms with E-state index in [1.54, 1.807) is 146 Å². The van der Waals surface area contributed by atoms with Crippen molar-refractivity contribution in [1.29, 1.82) is 0 Å². The van der Waals surface area contributed by atoms with Gasteiger partial charge in [0.25, 0.3) is 0 Å². The van der Waals surface area contributed by atoms with Crippen LogP contribution in [0.15, 0.2) is 243 Å². The van der Waals surface area contributed by atoms with Gasteiger partial charge in [-0.25, -0.2) is 38.4 Å². The summed E-state index contributed by atoms with van der Waals surface area (Å²) in [7, 11) is 0. The van der Waals surface area contributed by atoms with Crippen molar-refractivity contribution in [2.75, 3.05) is 39.6 Å². The molecular weight excluding hydrogens is 1810 g/mol. The van der Waals surface area contributed by atoms with Crippen LogP contribution in [0.5, 0.6) is 0 Å². The van der Waals surface area contributed by atoms with E-state index in [-0.39, 0.29) is 63.6 Å². The second-order valence-electron chi connectivity index (χ2n) is 39.8. The van der Waals surface area contributed by atoms with Crippen LogP contribution in [0, 0.1) is 47.3 Å². The Kier molecular flexibility index (Phi) is 46.7. The third kappa shape index (κ3) is 36.5. The first-order valence-corrected chi connectivity index (χ1v) is 51.5. The normalized spacial score (nSPS) is 22.7. The van der Waals surface area contributed by atoms with Gasteiger partial charge in [0, 0.05) is 13.2 Å². The molecule has 0 aromatic heterocycles. The maximum Gasteiger partial charge on any atom is 0.338 e. The van der Waals surface area contributed by atoms with Gasteiger partial charge in [0.05, 0.1) is 70.4 Å². The van der Waals surface area contributed by atoms with Crippen molar-refractivity contribution in [3.8, 4) is 0 Å². The molecule has 3 heterocycles. The molecule has 8 aromatic rings. The lowest BCUT2D eigenvalue weighted by Crippen LogP contribution is -2.67. The molecule has 3 saturated heterocycles. The molecule has 11 rings (SSSR count). The molecule has 3 fully saturated rings. The highest BCUT2D eigenvalue weighted by Crippen LogP contribution is 2.40. The molecule has 0 bridgehead atoms. The minimum absolute atomic E-state index is 0.00127. The third-order valence-electron chi connectivity index (χ3n) is 26.8. The summed E-state index contributed by atoms with van der Waals surface area (Å²) in [6.45, 7) is 23.5. The molecule has 1 N–H and O–H groups in total. The maximum atomic E-state index is 15.5. The average molecular weight is 1960 g/mol. The highest BCUT2D eigenvalue weighted by molar-refractivity contribution is 5.93. The Hall–Kier alpha value is -10.8. The summed E-state index contributed by atoms with van der Waals surface area (Å²) in [5.74, 6) is -2.95. The molecule has 0 spiro atoms. The smallest absolute Gasteiger partial charge is 0.338 e. The molecule has 13 unspecified atom stereocenters. The van der Waals surface area contributed by atoms with E-state index in [4.69, 9.17) is 75.8 Å². The molecule has 0 aliphatic carbocycles. The summed E-state index contributed by atoms with van der Waals surface area (Å²) >= 11 is 0. The number of aliphatic hydroxyl groups is 1. The van der Waals surface area contributed by atoms with Gasteiger partial charge in [0.1, 0.15) is 37.1 Å². The highest BCUT2D eigenvalue weighted by Gasteiger charge is 2.59. The first kappa shape index (κ1) is 112. The Bertz CT molecular complexity index is 5000. The van der Waals surface area contributed by atoms with Gasteiger partial charge < -0.3 is 80.9 Å². The predicted octanol–water partition coefficient (Wildman–Crippen LogP) is 22.7. The zero-order valence-corrected chi connectivity index (χ0v) is 84.6. The van der Waals surface area contributed by atoms with Crippen LogP contribution in [0.4, 0.5) is 0 Å². The van der Waals surface area contributed by atoms with Crippen LogP contribution in [0.3, 0.4) is 0 Å². The van der Waals surface area contributed by atoms with E-state index in [1.807, 2.05) is 0 Å². The van der Waals surface area contributed by atoms with Crippen molar-refractivity contribution in [2.45, 2.75) is 303 Å². The zero-order chi connectivity index (χ0) is 101. The van der Waals surface area contributed by atoms with Crippen LogP contribution < -0.4 is 0 Å². The molecule has 25 heteroatoms. The van der Waals surface area contributed by atoms with E-state index in [0.717, 1.165) is 62.7 Å². The number of rotatable bonds is 58. The third-order valence-corrected chi connectivity index (χ3v) is 26.8. The molecule has 3 aliphatic heterocycles. The van der Waals surface area contributed by atoms with Gasteiger partial charge in [-0.15, -0.1) is 0 Å². The van der Waals surface area contributed by atoms with Gasteiger partial charge in [0.2, 0.25) is 0 Å². The van der Waals surface area contributed by atoms with Gasteiger partial charge in [-0.05, 0) is 164 Å². The molecule has 22 atom stereocenters. The number of benzene rings is 8. The Labute approximate surface area is 839 Å². The summed E-state index contributed by atoms with van der Waals surface area (Å²) in [4.78, 5) is 119. The fourth-order valence-corrected chi connectivity index (χ4v) is 18.2. The van der Waals surface area contributed by atoms with Crippen LogP contribution >= 0.6 is 0 Å². The Morgan fingerprint density at radius 3 is 0.894 bits per heavy atom. The number of esters is 8. The minimum atomic E-state index is -2.21. The van der Waals surface area contributed by atoms with Crippen LogP contribution in [0.25, 0.3) is 0 Å². The van der Waals surface area contributed by atoms with Gasteiger partial charge >= 0.3 is 47.8 Å². The lowest BCUT2D eigenvalue weighted by Gasteiger charge is -2.49. The predicted molar refractivity (Wildman–Crippen MR) is 538 cm³/mol. The molecular formula is C117H150O25. The summed E-state index contributed by atoms with van der Waals surface area (Å²) in [6.07, 6.45) is -5.86. The summed E-state index contributed by atoms with van der Waals surface area (Å²) in [5.41, 5.74) is 0.283. The van der Waals surface area contributed by atoms with Crippen molar-refractivity contribution in [3.05, 3.63) is 287 Å². The molecule has 25 nitrogen and oxygen atoms in total. The lowest BCUT2D eigenvalue weighted by atomic mass is 9.91. The molecule has 768 valence electrons. The first-order chi connectivity index (χ1) is 68.7.